The number of furan rings is 1. The number of carboxylic acids is 1. The second kappa shape index (κ2) is 7.00. The number of likely N-dealkylation sites (N-methyl/N-ethyl adjacent to an activating group) is 1. The highest BCUT2D eigenvalue weighted by Crippen LogP contribution is 2.17. The van der Waals surface area contributed by atoms with Crippen LogP contribution in [0.15, 0.2) is 34.7 Å². The number of aryl methyl sites for hydroxylation is 1. The average molecular weight is 317 g/mol. The number of rotatable bonds is 6. The van der Waals surface area contributed by atoms with Crippen molar-refractivity contribution in [3.63, 3.8) is 0 Å². The summed E-state index contributed by atoms with van der Waals surface area (Å²) in [4.78, 5) is 24.7. The van der Waals surface area contributed by atoms with Crippen molar-refractivity contribution in [2.45, 2.75) is 19.9 Å². The molecule has 0 unspecified atom stereocenters. The summed E-state index contributed by atoms with van der Waals surface area (Å²) in [6.45, 7) is 1.81. The Bertz CT molecular complexity index is 702. The maximum Gasteiger partial charge on any atom is 0.339 e. The molecule has 2 rings (SSSR count). The van der Waals surface area contributed by atoms with Gasteiger partial charge in [0, 0.05) is 7.05 Å². The van der Waals surface area contributed by atoms with Crippen molar-refractivity contribution in [2.24, 2.45) is 0 Å². The van der Waals surface area contributed by atoms with Gasteiger partial charge in [-0.05, 0) is 30.7 Å². The van der Waals surface area contributed by atoms with E-state index in [0.29, 0.717) is 11.5 Å². The van der Waals surface area contributed by atoms with E-state index in [-0.39, 0.29) is 24.4 Å². The summed E-state index contributed by atoms with van der Waals surface area (Å²) in [7, 11) is 3.24. The lowest BCUT2D eigenvalue weighted by molar-refractivity contribution is -0.129. The van der Waals surface area contributed by atoms with Crippen LogP contribution in [0, 0.1) is 6.92 Å². The van der Waals surface area contributed by atoms with Crippen LogP contribution in [0.5, 0.6) is 5.75 Å². The number of carbonyl (C=O) groups excluding carboxylic acids is 1. The van der Waals surface area contributed by atoms with Crippen LogP contribution in [0.25, 0.3) is 0 Å². The molecule has 1 aromatic heterocycles. The molecule has 0 bridgehead atoms. The Morgan fingerprint density at radius 3 is 2.43 bits per heavy atom. The van der Waals surface area contributed by atoms with Gasteiger partial charge in [0.25, 0.3) is 0 Å². The summed E-state index contributed by atoms with van der Waals surface area (Å²) in [6.07, 6.45) is 0.256. The van der Waals surface area contributed by atoms with Crippen LogP contribution in [0.4, 0.5) is 0 Å². The number of amides is 1. The molecule has 0 saturated carbocycles. The topological polar surface area (TPSA) is 80.0 Å². The molecular weight excluding hydrogens is 298 g/mol. The Labute approximate surface area is 134 Å². The van der Waals surface area contributed by atoms with Crippen LogP contribution in [0.2, 0.25) is 0 Å². The fourth-order valence-corrected chi connectivity index (χ4v) is 2.21. The molecule has 0 aliphatic rings. The molecule has 0 radical (unpaired) electrons. The third kappa shape index (κ3) is 4.12. The standard InChI is InChI=1S/C17H19NO5/c1-11-15(17(20)21)9-14(23-11)10-18(2)16(19)8-12-4-6-13(22-3)7-5-12/h4-7,9H,8,10H2,1-3H3,(H,20,21). The lowest BCUT2D eigenvalue weighted by Gasteiger charge is -2.15. The number of aromatic carboxylic acids is 1. The van der Waals surface area contributed by atoms with Gasteiger partial charge in [0.1, 0.15) is 22.8 Å². The van der Waals surface area contributed by atoms with Crippen LogP contribution in [0.3, 0.4) is 0 Å². The molecule has 0 fully saturated rings. The number of nitrogens with zero attached hydrogens (tertiary/aromatic N) is 1. The number of carbonyl (C=O) groups is 2. The lowest BCUT2D eigenvalue weighted by Crippen LogP contribution is -2.27. The zero-order valence-electron chi connectivity index (χ0n) is 13.3. The van der Waals surface area contributed by atoms with E-state index < -0.39 is 5.97 Å². The van der Waals surface area contributed by atoms with Gasteiger partial charge < -0.3 is 19.2 Å². The highest BCUT2D eigenvalue weighted by molar-refractivity contribution is 5.88. The van der Waals surface area contributed by atoms with Crippen LogP contribution < -0.4 is 4.74 Å². The molecule has 6 nitrogen and oxygen atoms in total. The van der Waals surface area contributed by atoms with Crippen molar-refractivity contribution < 1.29 is 23.8 Å². The van der Waals surface area contributed by atoms with E-state index >= 15 is 0 Å². The van der Waals surface area contributed by atoms with Crippen molar-refractivity contribution in [2.75, 3.05) is 14.2 Å². The van der Waals surface area contributed by atoms with Crippen molar-refractivity contribution in [1.29, 1.82) is 0 Å². The second-order valence-electron chi connectivity index (χ2n) is 5.26. The van der Waals surface area contributed by atoms with Crippen molar-refractivity contribution in [1.82, 2.24) is 4.90 Å². The minimum absolute atomic E-state index is 0.0823. The second-order valence-corrected chi connectivity index (χ2v) is 5.26. The quantitative estimate of drug-likeness (QED) is 0.885. The van der Waals surface area contributed by atoms with Gasteiger partial charge in [-0.2, -0.15) is 0 Å². The molecule has 1 heterocycles. The van der Waals surface area contributed by atoms with Gasteiger partial charge in [-0.15, -0.1) is 0 Å². The van der Waals surface area contributed by atoms with E-state index in [1.54, 1.807) is 33.2 Å². The van der Waals surface area contributed by atoms with E-state index in [0.717, 1.165) is 11.3 Å². The summed E-state index contributed by atoms with van der Waals surface area (Å²) in [5.41, 5.74) is 1.00. The molecule has 1 aromatic carbocycles. The summed E-state index contributed by atoms with van der Waals surface area (Å²) in [5.74, 6) is 0.404. The zero-order chi connectivity index (χ0) is 17.0. The SMILES string of the molecule is COc1ccc(CC(=O)N(C)Cc2cc(C(=O)O)c(C)o2)cc1. The Kier molecular flexibility index (Phi) is 5.05. The Hall–Kier alpha value is -2.76. The maximum atomic E-state index is 12.2. The highest BCUT2D eigenvalue weighted by Gasteiger charge is 2.17. The maximum absolute atomic E-state index is 12.2. The minimum atomic E-state index is -1.04. The van der Waals surface area contributed by atoms with Gasteiger partial charge in [-0.3, -0.25) is 4.79 Å². The van der Waals surface area contributed by atoms with Gasteiger partial charge in [-0.1, -0.05) is 12.1 Å². The van der Waals surface area contributed by atoms with Gasteiger partial charge in [-0.25, -0.2) is 4.79 Å². The molecule has 1 N–H and O–H groups in total. The third-order valence-electron chi connectivity index (χ3n) is 3.53. The first-order chi connectivity index (χ1) is 10.9. The Balaban J connectivity index is 1.99. The van der Waals surface area contributed by atoms with Gasteiger partial charge in [0.15, 0.2) is 0 Å². The molecule has 6 heteroatoms. The molecule has 0 aliphatic heterocycles. The Morgan fingerprint density at radius 2 is 1.91 bits per heavy atom. The van der Waals surface area contributed by atoms with E-state index in [1.807, 2.05) is 12.1 Å². The average Bonchev–Trinajstić information content (AvgIpc) is 2.88. The molecule has 122 valence electrons. The summed E-state index contributed by atoms with van der Waals surface area (Å²) in [5, 5.41) is 9.01. The number of hydrogen-bond donors (Lipinski definition) is 1. The molecule has 2 aromatic rings. The number of benzene rings is 1. The predicted octanol–water partition coefficient (Wildman–Crippen LogP) is 2.50. The van der Waals surface area contributed by atoms with Crippen molar-refractivity contribution in [3.05, 3.63) is 53.0 Å². The smallest absolute Gasteiger partial charge is 0.339 e. The molecule has 0 aliphatic carbocycles. The van der Waals surface area contributed by atoms with Crippen LogP contribution in [0.1, 0.15) is 27.4 Å². The summed E-state index contributed by atoms with van der Waals surface area (Å²) >= 11 is 0. The number of methoxy groups -OCH3 is 1. The Morgan fingerprint density at radius 1 is 1.26 bits per heavy atom. The van der Waals surface area contributed by atoms with E-state index in [1.165, 1.54) is 11.0 Å². The van der Waals surface area contributed by atoms with Gasteiger partial charge in [0.2, 0.25) is 5.91 Å². The first kappa shape index (κ1) is 16.6. The largest absolute Gasteiger partial charge is 0.497 e. The normalized spacial score (nSPS) is 10.4. The molecule has 0 saturated heterocycles. The zero-order valence-corrected chi connectivity index (χ0v) is 13.3. The first-order valence-electron chi connectivity index (χ1n) is 7.10. The van der Waals surface area contributed by atoms with E-state index in [4.69, 9.17) is 14.3 Å². The summed E-state index contributed by atoms with van der Waals surface area (Å²) < 4.78 is 10.5. The van der Waals surface area contributed by atoms with Gasteiger partial charge >= 0.3 is 5.97 Å². The monoisotopic (exact) mass is 317 g/mol. The minimum Gasteiger partial charge on any atom is -0.497 e. The van der Waals surface area contributed by atoms with Crippen LogP contribution >= 0.6 is 0 Å². The fourth-order valence-electron chi connectivity index (χ4n) is 2.21. The fraction of sp³-hybridized carbons (Fsp3) is 0.294. The number of carboxylic acid groups (broad SMARTS) is 1. The third-order valence-corrected chi connectivity index (χ3v) is 3.53. The first-order valence-corrected chi connectivity index (χ1v) is 7.10. The lowest BCUT2D eigenvalue weighted by atomic mass is 10.1. The van der Waals surface area contributed by atoms with Gasteiger partial charge in [0.05, 0.1) is 20.1 Å². The molecule has 23 heavy (non-hydrogen) atoms. The highest BCUT2D eigenvalue weighted by atomic mass is 16.5. The van der Waals surface area contributed by atoms with Crippen molar-refractivity contribution in [3.8, 4) is 5.75 Å². The van der Waals surface area contributed by atoms with Crippen molar-refractivity contribution >= 4 is 11.9 Å². The van der Waals surface area contributed by atoms with Crippen LogP contribution in [-0.2, 0) is 17.8 Å². The number of ether oxygens (including phenoxy) is 1. The number of hydrogen-bond acceptors (Lipinski definition) is 4. The van der Waals surface area contributed by atoms with Crippen LogP contribution in [-0.4, -0.2) is 36.0 Å². The molecule has 1 amide bonds. The van der Waals surface area contributed by atoms with E-state index in [2.05, 4.69) is 0 Å². The summed E-state index contributed by atoms with van der Waals surface area (Å²) in [6, 6.07) is 8.73. The molecule has 0 spiro atoms. The molecule has 0 atom stereocenters. The predicted molar refractivity (Wildman–Crippen MR) is 83.6 cm³/mol. The van der Waals surface area contributed by atoms with E-state index in [9.17, 15) is 9.59 Å². The molecular formula is C17H19NO5.